The fourth-order valence-electron chi connectivity index (χ4n) is 6.60. The Balaban J connectivity index is 1.33. The van der Waals surface area contributed by atoms with E-state index in [0.717, 1.165) is 38.9 Å². The maximum absolute atomic E-state index is 14.6. The van der Waals surface area contributed by atoms with E-state index in [1.807, 2.05) is 110 Å². The summed E-state index contributed by atoms with van der Waals surface area (Å²) in [4.78, 5) is 29.7. The summed E-state index contributed by atoms with van der Waals surface area (Å²) >= 11 is 8.49. The Morgan fingerprint density at radius 1 is 0.792 bits per heavy atom. The van der Waals surface area contributed by atoms with Crippen LogP contribution in [0.3, 0.4) is 0 Å². The van der Waals surface area contributed by atoms with E-state index in [1.54, 1.807) is 24.9 Å². The molecular weight excluding hydrogens is 638 g/mol. The number of thioether (sulfide) groups is 1. The molecule has 1 unspecified atom stereocenters. The SMILES string of the molecule is CSCC[C@@H](C(=O)OC(c1ccccc1)(c1ccc(C)cc1)c1ccccc1Cl)N(C)C(=O)OCC1c2ccccc2-c2ccccc21. The smallest absolute Gasteiger partial charge is 0.410 e. The van der Waals surface area contributed by atoms with Crippen molar-refractivity contribution < 1.29 is 19.1 Å². The predicted octanol–water partition coefficient (Wildman–Crippen LogP) is 9.49. The van der Waals surface area contributed by atoms with Crippen LogP contribution in [0.4, 0.5) is 4.79 Å². The molecule has 244 valence electrons. The summed E-state index contributed by atoms with van der Waals surface area (Å²) in [5.41, 5.74) is 6.34. The Labute approximate surface area is 291 Å². The Bertz CT molecular complexity index is 1850. The van der Waals surface area contributed by atoms with Crippen molar-refractivity contribution in [2.45, 2.75) is 30.9 Å². The molecule has 0 saturated carbocycles. The van der Waals surface area contributed by atoms with Crippen LogP contribution in [0, 0.1) is 6.92 Å². The second kappa shape index (κ2) is 14.7. The van der Waals surface area contributed by atoms with Gasteiger partial charge in [-0.2, -0.15) is 11.8 Å². The molecule has 48 heavy (non-hydrogen) atoms. The summed E-state index contributed by atoms with van der Waals surface area (Å²) in [6.07, 6.45) is 1.76. The fraction of sp³-hybridized carbons (Fsp3) is 0.220. The molecule has 5 aromatic carbocycles. The van der Waals surface area contributed by atoms with Crippen LogP contribution in [0.1, 0.15) is 45.7 Å². The highest BCUT2D eigenvalue weighted by molar-refractivity contribution is 7.98. The van der Waals surface area contributed by atoms with Crippen LogP contribution in [0.2, 0.25) is 5.02 Å². The first-order valence-electron chi connectivity index (χ1n) is 16.0. The predicted molar refractivity (Wildman–Crippen MR) is 195 cm³/mol. The van der Waals surface area contributed by atoms with Gasteiger partial charge >= 0.3 is 12.1 Å². The van der Waals surface area contributed by atoms with Crippen molar-refractivity contribution in [2.75, 3.05) is 25.7 Å². The van der Waals surface area contributed by atoms with Gasteiger partial charge in [0.15, 0.2) is 5.60 Å². The maximum Gasteiger partial charge on any atom is 0.410 e. The van der Waals surface area contributed by atoms with E-state index in [1.165, 1.54) is 4.90 Å². The molecule has 0 N–H and O–H groups in total. The molecule has 1 amide bonds. The first-order chi connectivity index (χ1) is 23.3. The third-order valence-corrected chi connectivity index (χ3v) is 10.1. The Hall–Kier alpha value is -4.52. The average molecular weight is 676 g/mol. The zero-order valence-corrected chi connectivity index (χ0v) is 28.8. The largest absolute Gasteiger partial charge is 0.448 e. The number of fused-ring (bicyclic) bond motifs is 3. The van der Waals surface area contributed by atoms with Crippen molar-refractivity contribution in [3.8, 4) is 11.1 Å². The fourth-order valence-corrected chi connectivity index (χ4v) is 7.33. The zero-order chi connectivity index (χ0) is 33.7. The van der Waals surface area contributed by atoms with E-state index >= 15 is 0 Å². The molecule has 0 heterocycles. The number of nitrogens with zero attached hydrogens (tertiary/aromatic N) is 1. The molecule has 5 aromatic rings. The van der Waals surface area contributed by atoms with Gasteiger partial charge < -0.3 is 9.47 Å². The minimum absolute atomic E-state index is 0.0983. The highest BCUT2D eigenvalue weighted by atomic mass is 35.5. The second-order valence-corrected chi connectivity index (χ2v) is 13.4. The molecule has 5 nitrogen and oxygen atoms in total. The molecular formula is C41H38ClNO4S. The van der Waals surface area contributed by atoms with Crippen molar-refractivity contribution >= 4 is 35.4 Å². The van der Waals surface area contributed by atoms with E-state index in [4.69, 9.17) is 21.1 Å². The molecule has 0 spiro atoms. The number of esters is 1. The number of benzene rings is 5. The number of hydrogen-bond donors (Lipinski definition) is 0. The molecule has 7 heteroatoms. The number of halogens is 1. The molecule has 0 aromatic heterocycles. The molecule has 0 bridgehead atoms. The van der Waals surface area contributed by atoms with Gasteiger partial charge in [-0.15, -0.1) is 0 Å². The number of hydrogen-bond acceptors (Lipinski definition) is 5. The van der Waals surface area contributed by atoms with E-state index in [2.05, 4.69) is 24.3 Å². The minimum atomic E-state index is -1.38. The third-order valence-electron chi connectivity index (χ3n) is 9.10. The van der Waals surface area contributed by atoms with Gasteiger partial charge in [-0.3, -0.25) is 4.90 Å². The molecule has 0 radical (unpaired) electrons. The summed E-state index contributed by atoms with van der Waals surface area (Å²) in [6, 6.07) is 40.4. The van der Waals surface area contributed by atoms with E-state index in [9.17, 15) is 9.59 Å². The summed E-state index contributed by atoms with van der Waals surface area (Å²) in [5, 5.41) is 0.459. The molecule has 0 saturated heterocycles. The Morgan fingerprint density at radius 3 is 1.98 bits per heavy atom. The number of carbonyl (C=O) groups is 2. The van der Waals surface area contributed by atoms with Crippen molar-refractivity contribution in [1.29, 1.82) is 0 Å². The van der Waals surface area contributed by atoms with Crippen LogP contribution < -0.4 is 0 Å². The number of ether oxygens (including phenoxy) is 2. The standard InChI is InChI=1S/C41H38ClNO4S/c1-28-21-23-30(24-22-28)41(29-13-5-4-6-14-29,36-19-11-12-20-37(36)42)47-39(44)38(25-26-48-3)43(2)40(45)46-27-35-33-17-9-7-15-31(33)32-16-8-10-18-34(32)35/h4-24,35,38H,25-27H2,1-3H3/t38-,41?/m0/s1. The van der Waals surface area contributed by atoms with Gasteiger partial charge in [0.1, 0.15) is 12.6 Å². The first-order valence-corrected chi connectivity index (χ1v) is 17.8. The lowest BCUT2D eigenvalue weighted by molar-refractivity contribution is -0.159. The quantitative estimate of drug-likeness (QED) is 0.103. The third kappa shape index (κ3) is 6.47. The summed E-state index contributed by atoms with van der Waals surface area (Å²) in [7, 11) is 1.61. The summed E-state index contributed by atoms with van der Waals surface area (Å²) in [5.74, 6) is -0.0151. The summed E-state index contributed by atoms with van der Waals surface area (Å²) < 4.78 is 12.7. The first kappa shape index (κ1) is 33.4. The van der Waals surface area contributed by atoms with E-state index < -0.39 is 23.7 Å². The molecule has 0 fully saturated rings. The normalized spacial score (nSPS) is 13.9. The monoisotopic (exact) mass is 675 g/mol. The van der Waals surface area contributed by atoms with Gasteiger partial charge in [0, 0.05) is 34.7 Å². The lowest BCUT2D eigenvalue weighted by atomic mass is 9.79. The van der Waals surface area contributed by atoms with Crippen molar-refractivity contribution in [3.05, 3.63) is 166 Å². The highest BCUT2D eigenvalue weighted by Gasteiger charge is 2.44. The lowest BCUT2D eigenvalue weighted by Crippen LogP contribution is -2.47. The van der Waals surface area contributed by atoms with Crippen LogP contribution in [-0.2, 0) is 19.9 Å². The van der Waals surface area contributed by atoms with Gasteiger partial charge in [0.05, 0.1) is 0 Å². The number of amides is 1. The molecule has 0 aliphatic heterocycles. The molecule has 6 rings (SSSR count). The summed E-state index contributed by atoms with van der Waals surface area (Å²) in [6.45, 7) is 2.16. The van der Waals surface area contributed by atoms with Gasteiger partial charge in [-0.05, 0) is 53.7 Å². The molecule has 1 aliphatic rings. The maximum atomic E-state index is 14.6. The zero-order valence-electron chi connectivity index (χ0n) is 27.3. The number of likely N-dealkylation sites (N-methyl/N-ethyl adjacent to an activating group) is 1. The number of carbonyl (C=O) groups excluding carboxylic acids is 2. The Kier molecular flexibility index (Phi) is 10.2. The van der Waals surface area contributed by atoms with Crippen molar-refractivity contribution in [1.82, 2.24) is 4.90 Å². The highest BCUT2D eigenvalue weighted by Crippen LogP contribution is 2.46. The molecule has 1 aliphatic carbocycles. The topological polar surface area (TPSA) is 55.8 Å². The van der Waals surface area contributed by atoms with Gasteiger partial charge in [-0.25, -0.2) is 9.59 Å². The van der Waals surface area contributed by atoms with Gasteiger partial charge in [0.25, 0.3) is 0 Å². The molecule has 2 atom stereocenters. The van der Waals surface area contributed by atoms with Gasteiger partial charge in [-0.1, -0.05) is 138 Å². The van der Waals surface area contributed by atoms with E-state index in [0.29, 0.717) is 22.8 Å². The van der Waals surface area contributed by atoms with Crippen LogP contribution in [-0.4, -0.2) is 48.7 Å². The minimum Gasteiger partial charge on any atom is -0.448 e. The van der Waals surface area contributed by atoms with E-state index in [-0.39, 0.29) is 12.5 Å². The van der Waals surface area contributed by atoms with Crippen LogP contribution >= 0.6 is 23.4 Å². The van der Waals surface area contributed by atoms with Crippen LogP contribution in [0.5, 0.6) is 0 Å². The van der Waals surface area contributed by atoms with Crippen LogP contribution in [0.15, 0.2) is 127 Å². The average Bonchev–Trinajstić information content (AvgIpc) is 3.44. The number of rotatable bonds is 11. The van der Waals surface area contributed by atoms with Crippen LogP contribution in [0.25, 0.3) is 11.1 Å². The van der Waals surface area contributed by atoms with Gasteiger partial charge in [0.2, 0.25) is 0 Å². The van der Waals surface area contributed by atoms with Crippen molar-refractivity contribution in [3.63, 3.8) is 0 Å². The number of aryl methyl sites for hydroxylation is 1. The lowest BCUT2D eigenvalue weighted by Gasteiger charge is -2.38. The van der Waals surface area contributed by atoms with Crippen molar-refractivity contribution in [2.24, 2.45) is 0 Å². The Morgan fingerprint density at radius 2 is 1.35 bits per heavy atom. The second-order valence-electron chi connectivity index (χ2n) is 12.0.